The van der Waals surface area contributed by atoms with Crippen LogP contribution in [0.3, 0.4) is 0 Å². The lowest BCUT2D eigenvalue weighted by Gasteiger charge is -2.14. The minimum Gasteiger partial charge on any atom is -0.496 e. The summed E-state index contributed by atoms with van der Waals surface area (Å²) in [5.74, 6) is 0.310. The lowest BCUT2D eigenvalue weighted by Crippen LogP contribution is -2.16. The van der Waals surface area contributed by atoms with Crippen LogP contribution in [0.15, 0.2) is 46.1 Å². The maximum Gasteiger partial charge on any atom is 0.348 e. The average Bonchev–Trinajstić information content (AvgIpc) is 3.01. The van der Waals surface area contributed by atoms with E-state index in [0.717, 1.165) is 0 Å². The van der Waals surface area contributed by atoms with Gasteiger partial charge in [-0.15, -0.1) is 0 Å². The van der Waals surface area contributed by atoms with E-state index in [0.29, 0.717) is 10.7 Å². The fraction of sp³-hybridized carbons (Fsp3) is 0.125. The van der Waals surface area contributed by atoms with Crippen LogP contribution in [0, 0.1) is 0 Å². The van der Waals surface area contributed by atoms with Crippen molar-refractivity contribution in [2.75, 3.05) is 14.2 Å². The molecule has 0 saturated heterocycles. The molecule has 0 radical (unpaired) electrons. The zero-order valence-corrected chi connectivity index (χ0v) is 16.4. The molecular formula is C16H13Cl2N3O5S. The van der Waals surface area contributed by atoms with Crippen LogP contribution in [0.25, 0.3) is 17.1 Å². The van der Waals surface area contributed by atoms with Crippen LogP contribution < -0.4 is 15.2 Å². The lowest BCUT2D eigenvalue weighted by molar-refractivity contribution is 0.387. The second-order valence-electron chi connectivity index (χ2n) is 5.28. The van der Waals surface area contributed by atoms with E-state index in [1.807, 2.05) is 0 Å². The summed E-state index contributed by atoms with van der Waals surface area (Å²) in [4.78, 5) is 12.1. The van der Waals surface area contributed by atoms with Gasteiger partial charge < -0.3 is 9.47 Å². The molecule has 0 bridgehead atoms. The first-order valence-corrected chi connectivity index (χ1v) is 10.1. The second-order valence-corrected chi connectivity index (χ2v) is 8.22. The van der Waals surface area contributed by atoms with E-state index in [1.165, 1.54) is 30.9 Å². The van der Waals surface area contributed by atoms with Crippen molar-refractivity contribution in [2.24, 2.45) is 0 Å². The Morgan fingerprint density at radius 3 is 2.37 bits per heavy atom. The summed E-state index contributed by atoms with van der Waals surface area (Å²) in [5, 5.41) is 6.63. The van der Waals surface area contributed by atoms with Gasteiger partial charge in [-0.1, -0.05) is 23.7 Å². The standard InChI is InChI=1S/C16H13Cl2N3O5S/c1-25-12-8-13(26-2)14(27(18,23)24)7-9(12)15-19-20-16(22)21(15)11-6-4-3-5-10(11)17/h3-8H,1-2H3,(H,20,22). The van der Waals surface area contributed by atoms with E-state index in [-0.39, 0.29) is 27.8 Å². The van der Waals surface area contributed by atoms with Crippen molar-refractivity contribution in [3.63, 3.8) is 0 Å². The number of benzene rings is 2. The molecule has 0 fully saturated rings. The molecule has 0 spiro atoms. The van der Waals surface area contributed by atoms with E-state index in [2.05, 4.69) is 10.2 Å². The first-order chi connectivity index (χ1) is 12.8. The molecule has 27 heavy (non-hydrogen) atoms. The number of H-pyrrole nitrogens is 1. The van der Waals surface area contributed by atoms with Gasteiger partial charge in [-0.05, 0) is 18.2 Å². The van der Waals surface area contributed by atoms with Gasteiger partial charge in [0, 0.05) is 16.7 Å². The van der Waals surface area contributed by atoms with Gasteiger partial charge in [-0.3, -0.25) is 0 Å². The Morgan fingerprint density at radius 2 is 1.78 bits per heavy atom. The van der Waals surface area contributed by atoms with Crippen molar-refractivity contribution in [1.29, 1.82) is 0 Å². The highest BCUT2D eigenvalue weighted by atomic mass is 35.7. The molecule has 3 aromatic rings. The molecule has 0 atom stereocenters. The van der Waals surface area contributed by atoms with Gasteiger partial charge in [0.2, 0.25) is 0 Å². The minimum atomic E-state index is -4.14. The molecule has 1 heterocycles. The third kappa shape index (κ3) is 3.53. The predicted molar refractivity (Wildman–Crippen MR) is 101 cm³/mol. The Morgan fingerprint density at radius 1 is 1.11 bits per heavy atom. The van der Waals surface area contributed by atoms with Crippen LogP contribution in [-0.4, -0.2) is 37.4 Å². The molecule has 142 valence electrons. The van der Waals surface area contributed by atoms with Gasteiger partial charge in [0.25, 0.3) is 9.05 Å². The van der Waals surface area contributed by atoms with Crippen molar-refractivity contribution in [2.45, 2.75) is 4.90 Å². The quantitative estimate of drug-likeness (QED) is 0.625. The Hall–Kier alpha value is -2.49. The summed E-state index contributed by atoms with van der Waals surface area (Å²) < 4.78 is 35.5. The maximum atomic E-state index is 12.3. The van der Waals surface area contributed by atoms with Crippen LogP contribution >= 0.6 is 22.3 Å². The summed E-state index contributed by atoms with van der Waals surface area (Å²) in [7, 11) is 4.07. The van der Waals surface area contributed by atoms with Crippen LogP contribution in [0.1, 0.15) is 0 Å². The molecule has 8 nitrogen and oxygen atoms in total. The molecule has 0 aliphatic heterocycles. The minimum absolute atomic E-state index is 0.00669. The number of aromatic nitrogens is 3. The Balaban J connectivity index is 2.36. The number of hydrogen-bond acceptors (Lipinski definition) is 6. The van der Waals surface area contributed by atoms with Gasteiger partial charge in [-0.25, -0.2) is 22.9 Å². The summed E-state index contributed by atoms with van der Waals surface area (Å²) in [5.41, 5.74) is 0.00288. The number of nitrogens with one attached hydrogen (secondary N) is 1. The van der Waals surface area contributed by atoms with Crippen molar-refractivity contribution in [3.05, 3.63) is 51.9 Å². The number of rotatable bonds is 5. The summed E-state index contributed by atoms with van der Waals surface area (Å²) >= 11 is 6.20. The molecule has 0 aliphatic carbocycles. The SMILES string of the molecule is COc1cc(OC)c(S(=O)(=O)Cl)cc1-c1n[nH]c(=O)n1-c1ccccc1Cl. The molecule has 1 N–H and O–H groups in total. The Kier molecular flexibility index (Phi) is 5.18. The molecule has 0 unspecified atom stereocenters. The molecular weight excluding hydrogens is 417 g/mol. The molecule has 3 rings (SSSR count). The smallest absolute Gasteiger partial charge is 0.348 e. The van der Waals surface area contributed by atoms with E-state index in [9.17, 15) is 13.2 Å². The van der Waals surface area contributed by atoms with Crippen molar-refractivity contribution in [3.8, 4) is 28.6 Å². The first kappa shape index (κ1) is 19.3. The monoisotopic (exact) mass is 429 g/mol. The fourth-order valence-corrected chi connectivity index (χ4v) is 3.79. The van der Waals surface area contributed by atoms with Crippen LogP contribution in [0.5, 0.6) is 11.5 Å². The van der Waals surface area contributed by atoms with E-state index >= 15 is 0 Å². The molecule has 11 heteroatoms. The highest BCUT2D eigenvalue weighted by molar-refractivity contribution is 8.13. The van der Waals surface area contributed by atoms with Crippen molar-refractivity contribution < 1.29 is 17.9 Å². The summed E-state index contributed by atoms with van der Waals surface area (Å²) in [6.07, 6.45) is 0. The van der Waals surface area contributed by atoms with Gasteiger partial charge >= 0.3 is 5.69 Å². The molecule has 2 aromatic carbocycles. The van der Waals surface area contributed by atoms with Crippen molar-refractivity contribution in [1.82, 2.24) is 14.8 Å². The van der Waals surface area contributed by atoms with E-state index < -0.39 is 14.7 Å². The molecule has 0 amide bonds. The highest BCUT2D eigenvalue weighted by Crippen LogP contribution is 2.39. The maximum absolute atomic E-state index is 12.3. The number of nitrogens with zero attached hydrogens (tertiary/aromatic N) is 2. The zero-order valence-electron chi connectivity index (χ0n) is 14.1. The molecule has 0 saturated carbocycles. The highest BCUT2D eigenvalue weighted by Gasteiger charge is 2.25. The predicted octanol–water partition coefficient (Wildman–Crippen LogP) is 2.83. The number of methoxy groups -OCH3 is 2. The first-order valence-electron chi connectivity index (χ1n) is 7.41. The number of halogens is 2. The van der Waals surface area contributed by atoms with E-state index in [1.54, 1.807) is 24.3 Å². The topological polar surface area (TPSA) is 103 Å². The van der Waals surface area contributed by atoms with E-state index in [4.69, 9.17) is 31.8 Å². The zero-order chi connectivity index (χ0) is 19.8. The molecule has 1 aromatic heterocycles. The number of aromatic amines is 1. The van der Waals surface area contributed by atoms with Gasteiger partial charge in [0.05, 0.1) is 30.5 Å². The lowest BCUT2D eigenvalue weighted by atomic mass is 10.1. The number of ether oxygens (including phenoxy) is 2. The number of para-hydroxylation sites is 1. The van der Waals surface area contributed by atoms with Gasteiger partial charge in [0.15, 0.2) is 5.82 Å². The average molecular weight is 430 g/mol. The number of hydrogen-bond donors (Lipinski definition) is 1. The largest absolute Gasteiger partial charge is 0.496 e. The van der Waals surface area contributed by atoms with Crippen LogP contribution in [0.4, 0.5) is 0 Å². The summed E-state index contributed by atoms with van der Waals surface area (Å²) in [6, 6.07) is 9.22. The van der Waals surface area contributed by atoms with Crippen LogP contribution in [0.2, 0.25) is 5.02 Å². The van der Waals surface area contributed by atoms with Crippen LogP contribution in [-0.2, 0) is 9.05 Å². The third-order valence-electron chi connectivity index (χ3n) is 3.76. The van der Waals surface area contributed by atoms with Crippen molar-refractivity contribution >= 4 is 31.3 Å². The van der Waals surface area contributed by atoms with Gasteiger partial charge in [-0.2, -0.15) is 5.10 Å². The fourth-order valence-electron chi connectivity index (χ4n) is 2.57. The third-order valence-corrected chi connectivity index (χ3v) is 5.42. The molecule has 0 aliphatic rings. The van der Waals surface area contributed by atoms with Gasteiger partial charge in [0.1, 0.15) is 16.4 Å². The summed E-state index contributed by atoms with van der Waals surface area (Å²) in [6.45, 7) is 0. The normalized spacial score (nSPS) is 11.4. The second kappa shape index (κ2) is 7.26. The Bertz CT molecular complexity index is 1170. The Labute approximate surface area is 163 Å².